The maximum Gasteiger partial charge on any atom is 0.335 e. The molecular weight excluding hydrogens is 376 g/mol. The van der Waals surface area contributed by atoms with Crippen LogP contribution in [0.5, 0.6) is 5.75 Å². The molecule has 0 saturated carbocycles. The van der Waals surface area contributed by atoms with Crippen molar-refractivity contribution in [3.05, 3.63) is 53.8 Å². The number of piperidine rings is 1. The SMILES string of the molecule is CC(C)(F)CN1CCC(COc2ccc(-c3ccc(C(=O)O)cc3)cc2F)CC1. The van der Waals surface area contributed by atoms with Gasteiger partial charge in [0.2, 0.25) is 0 Å². The van der Waals surface area contributed by atoms with E-state index >= 15 is 0 Å². The molecule has 0 aliphatic carbocycles. The van der Waals surface area contributed by atoms with Gasteiger partial charge in [-0.05, 0) is 81.1 Å². The maximum atomic E-state index is 14.5. The van der Waals surface area contributed by atoms with Gasteiger partial charge in [-0.25, -0.2) is 13.6 Å². The third-order valence-electron chi connectivity index (χ3n) is 5.18. The molecule has 0 bridgehead atoms. The third-order valence-corrected chi connectivity index (χ3v) is 5.18. The highest BCUT2D eigenvalue weighted by Gasteiger charge is 2.25. The largest absolute Gasteiger partial charge is 0.490 e. The van der Waals surface area contributed by atoms with Crippen molar-refractivity contribution in [1.29, 1.82) is 0 Å². The van der Waals surface area contributed by atoms with Gasteiger partial charge in [-0.15, -0.1) is 0 Å². The summed E-state index contributed by atoms with van der Waals surface area (Å²) in [5.74, 6) is -0.896. The monoisotopic (exact) mass is 403 g/mol. The standard InChI is InChI=1S/C23H27F2NO3/c1-23(2,25)15-26-11-9-16(10-12-26)14-29-21-8-7-19(13-20(21)24)17-3-5-18(6-4-17)22(27)28/h3-8,13,16H,9-12,14-15H2,1-2H3,(H,27,28). The second-order valence-corrected chi connectivity index (χ2v) is 8.28. The molecule has 3 rings (SSSR count). The number of ether oxygens (including phenoxy) is 1. The number of rotatable bonds is 7. The smallest absolute Gasteiger partial charge is 0.335 e. The topological polar surface area (TPSA) is 49.8 Å². The fourth-order valence-electron chi connectivity index (χ4n) is 3.65. The van der Waals surface area contributed by atoms with Crippen LogP contribution in [-0.4, -0.2) is 47.9 Å². The lowest BCUT2D eigenvalue weighted by Gasteiger charge is -2.34. The van der Waals surface area contributed by atoms with Crippen LogP contribution in [0.2, 0.25) is 0 Å². The predicted molar refractivity (Wildman–Crippen MR) is 109 cm³/mol. The second kappa shape index (κ2) is 8.91. The molecule has 2 aromatic carbocycles. The van der Waals surface area contributed by atoms with E-state index in [0.717, 1.165) is 31.5 Å². The van der Waals surface area contributed by atoms with Gasteiger partial charge < -0.3 is 14.7 Å². The highest BCUT2D eigenvalue weighted by molar-refractivity contribution is 5.88. The Morgan fingerprint density at radius 3 is 2.31 bits per heavy atom. The molecule has 29 heavy (non-hydrogen) atoms. The summed E-state index contributed by atoms with van der Waals surface area (Å²) >= 11 is 0. The van der Waals surface area contributed by atoms with Crippen LogP contribution in [0.1, 0.15) is 37.0 Å². The molecule has 1 saturated heterocycles. The molecule has 0 unspecified atom stereocenters. The average molecular weight is 403 g/mol. The van der Waals surface area contributed by atoms with E-state index in [-0.39, 0.29) is 11.3 Å². The number of aromatic carboxylic acids is 1. The Kier molecular flexibility index (Phi) is 6.52. The van der Waals surface area contributed by atoms with Gasteiger partial charge in [-0.3, -0.25) is 0 Å². The van der Waals surface area contributed by atoms with Gasteiger partial charge in [0.25, 0.3) is 0 Å². The number of alkyl halides is 1. The van der Waals surface area contributed by atoms with Crippen LogP contribution < -0.4 is 4.74 Å². The zero-order valence-electron chi connectivity index (χ0n) is 16.8. The predicted octanol–water partition coefficient (Wildman–Crippen LogP) is 5.03. The molecule has 2 aromatic rings. The molecule has 6 heteroatoms. The second-order valence-electron chi connectivity index (χ2n) is 8.28. The summed E-state index contributed by atoms with van der Waals surface area (Å²) in [5, 5.41) is 8.96. The molecule has 1 N–H and O–H groups in total. The summed E-state index contributed by atoms with van der Waals surface area (Å²) in [7, 11) is 0. The summed E-state index contributed by atoms with van der Waals surface area (Å²) in [4.78, 5) is 13.1. The fraction of sp³-hybridized carbons (Fsp3) is 0.435. The van der Waals surface area contributed by atoms with Gasteiger partial charge in [-0.2, -0.15) is 0 Å². The molecule has 1 heterocycles. The first-order valence-corrected chi connectivity index (χ1v) is 9.88. The highest BCUT2D eigenvalue weighted by atomic mass is 19.1. The van der Waals surface area contributed by atoms with E-state index in [1.165, 1.54) is 18.2 Å². The molecule has 0 radical (unpaired) electrons. The molecule has 156 valence electrons. The molecule has 4 nitrogen and oxygen atoms in total. The van der Waals surface area contributed by atoms with Gasteiger partial charge in [0, 0.05) is 6.54 Å². The van der Waals surface area contributed by atoms with E-state index in [4.69, 9.17) is 9.84 Å². The highest BCUT2D eigenvalue weighted by Crippen LogP contribution is 2.27. The van der Waals surface area contributed by atoms with Crippen LogP contribution in [0.3, 0.4) is 0 Å². The first-order chi connectivity index (χ1) is 13.7. The van der Waals surface area contributed by atoms with E-state index in [2.05, 4.69) is 4.90 Å². The lowest BCUT2D eigenvalue weighted by molar-refractivity contribution is 0.0696. The molecular formula is C23H27F2NO3. The summed E-state index contributed by atoms with van der Waals surface area (Å²) < 4.78 is 33.9. The Bertz CT molecular complexity index is 838. The van der Waals surface area contributed by atoms with Gasteiger partial charge in [0.05, 0.1) is 12.2 Å². The molecule has 1 aliphatic rings. The number of carboxylic acid groups (broad SMARTS) is 1. The van der Waals surface area contributed by atoms with E-state index in [9.17, 15) is 13.6 Å². The van der Waals surface area contributed by atoms with Crippen LogP contribution in [0.25, 0.3) is 11.1 Å². The lowest BCUT2D eigenvalue weighted by atomic mass is 9.97. The van der Waals surface area contributed by atoms with E-state index < -0.39 is 17.5 Å². The van der Waals surface area contributed by atoms with Crippen molar-refractivity contribution in [3.63, 3.8) is 0 Å². The third kappa shape index (κ3) is 6.00. The Labute approximate surface area is 170 Å². The van der Waals surface area contributed by atoms with Crippen LogP contribution in [-0.2, 0) is 0 Å². The summed E-state index contributed by atoms with van der Waals surface area (Å²) in [5.41, 5.74) is 0.398. The number of nitrogens with zero attached hydrogens (tertiary/aromatic N) is 1. The van der Waals surface area contributed by atoms with Crippen molar-refractivity contribution in [3.8, 4) is 16.9 Å². The number of benzene rings is 2. The van der Waals surface area contributed by atoms with Crippen LogP contribution in [0, 0.1) is 11.7 Å². The minimum atomic E-state index is -1.19. The van der Waals surface area contributed by atoms with E-state index in [1.807, 2.05) is 0 Å². The molecule has 0 amide bonds. The number of carboxylic acids is 1. The minimum absolute atomic E-state index is 0.190. The zero-order chi connectivity index (χ0) is 21.0. The first-order valence-electron chi connectivity index (χ1n) is 9.88. The average Bonchev–Trinajstić information content (AvgIpc) is 2.67. The summed E-state index contributed by atoms with van der Waals surface area (Å²) in [6.07, 6.45) is 1.82. The Morgan fingerprint density at radius 2 is 1.76 bits per heavy atom. The van der Waals surface area contributed by atoms with Gasteiger partial charge in [0.15, 0.2) is 11.6 Å². The Balaban J connectivity index is 1.54. The number of hydrogen-bond acceptors (Lipinski definition) is 3. The van der Waals surface area contributed by atoms with Gasteiger partial charge in [0.1, 0.15) is 5.67 Å². The number of halogens is 2. The van der Waals surface area contributed by atoms with Crippen molar-refractivity contribution in [2.75, 3.05) is 26.2 Å². The maximum absolute atomic E-state index is 14.5. The molecule has 1 fully saturated rings. The van der Waals surface area contributed by atoms with Gasteiger partial charge in [-0.1, -0.05) is 18.2 Å². The van der Waals surface area contributed by atoms with Crippen molar-refractivity contribution >= 4 is 5.97 Å². The Morgan fingerprint density at radius 1 is 1.14 bits per heavy atom. The molecule has 0 atom stereocenters. The fourth-order valence-corrected chi connectivity index (χ4v) is 3.65. The molecule has 0 spiro atoms. The molecule has 0 aromatic heterocycles. The van der Waals surface area contributed by atoms with E-state index in [1.54, 1.807) is 38.1 Å². The Hall–Kier alpha value is -2.47. The van der Waals surface area contributed by atoms with Crippen molar-refractivity contribution < 1.29 is 23.4 Å². The first kappa shape index (κ1) is 21.2. The van der Waals surface area contributed by atoms with Crippen LogP contribution >= 0.6 is 0 Å². The number of hydrogen-bond donors (Lipinski definition) is 1. The summed E-state index contributed by atoms with van der Waals surface area (Å²) in [6.45, 7) is 5.72. The number of likely N-dealkylation sites (tertiary alicyclic amines) is 1. The van der Waals surface area contributed by atoms with Crippen molar-refractivity contribution in [1.82, 2.24) is 4.90 Å². The van der Waals surface area contributed by atoms with Crippen molar-refractivity contribution in [2.24, 2.45) is 5.92 Å². The van der Waals surface area contributed by atoms with Crippen molar-refractivity contribution in [2.45, 2.75) is 32.4 Å². The van der Waals surface area contributed by atoms with Gasteiger partial charge >= 0.3 is 5.97 Å². The zero-order valence-corrected chi connectivity index (χ0v) is 16.8. The molecule has 1 aliphatic heterocycles. The summed E-state index contributed by atoms with van der Waals surface area (Å²) in [6, 6.07) is 11.1. The quantitative estimate of drug-likeness (QED) is 0.705. The lowest BCUT2D eigenvalue weighted by Crippen LogP contribution is -2.41. The number of carbonyl (C=O) groups is 1. The van der Waals surface area contributed by atoms with Crippen LogP contribution in [0.4, 0.5) is 8.78 Å². The van der Waals surface area contributed by atoms with E-state index in [0.29, 0.717) is 24.6 Å². The van der Waals surface area contributed by atoms with Crippen LogP contribution in [0.15, 0.2) is 42.5 Å². The minimum Gasteiger partial charge on any atom is -0.490 e. The normalized spacial score (nSPS) is 16.0.